The van der Waals surface area contributed by atoms with Crippen LogP contribution in [0.5, 0.6) is 0 Å². The molecule has 6 rings (SSSR count). The van der Waals surface area contributed by atoms with Crippen molar-refractivity contribution in [1.29, 1.82) is 0 Å². The lowest BCUT2D eigenvalue weighted by Gasteiger charge is -2.49. The number of carboxylic acid groups (broad SMARTS) is 1. The predicted molar refractivity (Wildman–Crippen MR) is 149 cm³/mol. The molecule has 2 aromatic carbocycles. The van der Waals surface area contributed by atoms with Crippen molar-refractivity contribution in [2.24, 2.45) is 0 Å². The molecule has 3 aliphatic rings. The van der Waals surface area contributed by atoms with Gasteiger partial charge in [0.1, 0.15) is 28.4 Å². The molecule has 1 N–H and O–H groups in total. The third-order valence-corrected chi connectivity index (χ3v) is 9.87. The van der Waals surface area contributed by atoms with Gasteiger partial charge in [0.15, 0.2) is 0 Å². The van der Waals surface area contributed by atoms with Crippen LogP contribution in [0.1, 0.15) is 47.7 Å². The van der Waals surface area contributed by atoms with Crippen molar-refractivity contribution in [3.63, 3.8) is 0 Å². The highest BCUT2D eigenvalue weighted by atomic mass is 79.9. The van der Waals surface area contributed by atoms with E-state index in [1.807, 2.05) is 29.6 Å². The van der Waals surface area contributed by atoms with E-state index in [2.05, 4.69) is 45.2 Å². The Balaban J connectivity index is 1.11. The highest BCUT2D eigenvalue weighted by Crippen LogP contribution is 2.48. The van der Waals surface area contributed by atoms with Gasteiger partial charge in [-0.25, -0.2) is 14.6 Å². The third-order valence-electron chi connectivity index (χ3n) is 8.13. The van der Waals surface area contributed by atoms with Gasteiger partial charge in [-0.3, -0.25) is 0 Å². The summed E-state index contributed by atoms with van der Waals surface area (Å²) in [6.45, 7) is 1.30. The number of halogens is 1. The summed E-state index contributed by atoms with van der Waals surface area (Å²) >= 11 is 4.86. The minimum Gasteiger partial charge on any atom is -0.480 e. The summed E-state index contributed by atoms with van der Waals surface area (Å²) in [5, 5.41) is 11.9. The number of piperidine rings is 1. The van der Waals surface area contributed by atoms with Gasteiger partial charge in [0, 0.05) is 37.2 Å². The average molecular weight is 614 g/mol. The molecule has 2 fully saturated rings. The van der Waals surface area contributed by atoms with E-state index in [4.69, 9.17) is 14.2 Å². The molecule has 1 unspecified atom stereocenters. The quantitative estimate of drug-likeness (QED) is 0.376. The van der Waals surface area contributed by atoms with Crippen molar-refractivity contribution in [2.45, 2.75) is 42.8 Å². The zero-order valence-electron chi connectivity index (χ0n) is 21.3. The summed E-state index contributed by atoms with van der Waals surface area (Å²) in [7, 11) is 0. The number of carbonyl (C=O) groups is 2. The first kappa shape index (κ1) is 26.4. The van der Waals surface area contributed by atoms with Gasteiger partial charge < -0.3 is 24.2 Å². The van der Waals surface area contributed by atoms with E-state index >= 15 is 0 Å². The second-order valence-electron chi connectivity index (χ2n) is 10.4. The molecule has 39 heavy (non-hydrogen) atoms. The van der Waals surface area contributed by atoms with Gasteiger partial charge >= 0.3 is 12.1 Å². The third kappa shape index (κ3) is 5.11. The number of aliphatic carboxylic acids is 1. The summed E-state index contributed by atoms with van der Waals surface area (Å²) in [6, 6.07) is 16.6. The van der Waals surface area contributed by atoms with Crippen LogP contribution in [0.4, 0.5) is 4.79 Å². The van der Waals surface area contributed by atoms with Crippen molar-refractivity contribution in [3.05, 3.63) is 74.6 Å². The van der Waals surface area contributed by atoms with Crippen molar-refractivity contribution in [1.82, 2.24) is 9.88 Å². The second kappa shape index (κ2) is 10.6. The highest BCUT2D eigenvalue weighted by Gasteiger charge is 2.51. The first-order chi connectivity index (χ1) is 18.9. The van der Waals surface area contributed by atoms with Crippen LogP contribution >= 0.6 is 27.3 Å². The molecule has 1 aromatic heterocycles. The molecule has 1 amide bonds. The number of ether oxygens (including phenoxy) is 3. The van der Waals surface area contributed by atoms with Crippen LogP contribution < -0.4 is 0 Å². The first-order valence-corrected chi connectivity index (χ1v) is 14.8. The Morgan fingerprint density at radius 1 is 1.08 bits per heavy atom. The Labute approximate surface area is 239 Å². The summed E-state index contributed by atoms with van der Waals surface area (Å²) in [5.41, 5.74) is 3.42. The summed E-state index contributed by atoms with van der Waals surface area (Å²) in [6.07, 6.45) is 1.92. The Kier molecular flexibility index (Phi) is 7.22. The number of amides is 1. The number of hydrogen-bond donors (Lipinski definition) is 1. The molecular formula is C29H29BrN2O6S. The van der Waals surface area contributed by atoms with Gasteiger partial charge in [0.2, 0.25) is 0 Å². The molecule has 0 radical (unpaired) electrons. The van der Waals surface area contributed by atoms with E-state index in [0.29, 0.717) is 50.0 Å². The smallest absolute Gasteiger partial charge is 0.409 e. The maximum Gasteiger partial charge on any atom is 0.409 e. The fourth-order valence-corrected chi connectivity index (χ4v) is 7.66. The monoisotopic (exact) mass is 612 g/mol. The van der Waals surface area contributed by atoms with Crippen LogP contribution in [0.2, 0.25) is 0 Å². The van der Waals surface area contributed by atoms with Crippen LogP contribution in [0, 0.1) is 0 Å². The van der Waals surface area contributed by atoms with E-state index in [1.54, 1.807) is 4.90 Å². The molecule has 204 valence electrons. The lowest BCUT2D eigenvalue weighted by atomic mass is 9.77. The second-order valence-corrected chi connectivity index (χ2v) is 12.1. The molecule has 3 aromatic rings. The number of thiazole rings is 1. The molecule has 1 atom stereocenters. The minimum atomic E-state index is -1.02. The van der Waals surface area contributed by atoms with E-state index < -0.39 is 23.8 Å². The summed E-state index contributed by atoms with van der Waals surface area (Å²) in [5.74, 6) is -1.00. The van der Waals surface area contributed by atoms with Crippen LogP contribution in [0.15, 0.2) is 58.5 Å². The minimum absolute atomic E-state index is 0.0174. The average Bonchev–Trinajstić information content (AvgIpc) is 3.53. The van der Waals surface area contributed by atoms with Crippen LogP contribution in [-0.4, -0.2) is 65.6 Å². The van der Waals surface area contributed by atoms with Crippen LogP contribution in [-0.2, 0) is 24.6 Å². The molecule has 0 bridgehead atoms. The number of benzene rings is 2. The number of rotatable bonds is 6. The van der Waals surface area contributed by atoms with Gasteiger partial charge in [0.05, 0.1) is 12.2 Å². The van der Waals surface area contributed by atoms with E-state index in [0.717, 1.165) is 5.01 Å². The van der Waals surface area contributed by atoms with Crippen molar-refractivity contribution in [2.75, 3.05) is 32.9 Å². The normalized spacial score (nSPS) is 21.9. The number of hydrogen-bond acceptors (Lipinski definition) is 7. The molecule has 3 heterocycles. The fraction of sp³-hybridized carbons (Fsp3) is 0.414. The topological polar surface area (TPSA) is 98.2 Å². The lowest BCUT2D eigenvalue weighted by Crippen LogP contribution is -2.55. The number of carboxylic acids is 1. The molecule has 10 heteroatoms. The fourth-order valence-electron chi connectivity index (χ4n) is 6.23. The zero-order valence-corrected chi connectivity index (χ0v) is 23.7. The molecular weight excluding hydrogens is 584 g/mol. The molecule has 1 spiro atoms. The molecule has 0 saturated carbocycles. The van der Waals surface area contributed by atoms with E-state index in [-0.39, 0.29) is 18.6 Å². The molecule has 8 nitrogen and oxygen atoms in total. The molecule has 2 aliphatic heterocycles. The predicted octanol–water partition coefficient (Wildman–Crippen LogP) is 5.80. The zero-order chi connectivity index (χ0) is 27.0. The Morgan fingerprint density at radius 2 is 1.74 bits per heavy atom. The van der Waals surface area contributed by atoms with Gasteiger partial charge in [-0.2, -0.15) is 0 Å². The van der Waals surface area contributed by atoms with Crippen molar-refractivity contribution in [3.8, 4) is 11.1 Å². The SMILES string of the molecule is O=C(O)COC1(c2nc(Br)cs2)CCOC2(CCN(C(=O)OCC3c4ccccc4-c4ccccc43)CC2)C1. The Morgan fingerprint density at radius 3 is 2.36 bits per heavy atom. The van der Waals surface area contributed by atoms with Gasteiger partial charge in [0.25, 0.3) is 0 Å². The largest absolute Gasteiger partial charge is 0.480 e. The number of fused-ring (bicyclic) bond motifs is 3. The Bertz CT molecular complexity index is 1340. The molecule has 1 aliphatic carbocycles. The van der Waals surface area contributed by atoms with Crippen LogP contribution in [0.25, 0.3) is 11.1 Å². The van der Waals surface area contributed by atoms with Crippen LogP contribution in [0.3, 0.4) is 0 Å². The number of carbonyl (C=O) groups excluding carboxylic acids is 1. The molecule has 2 saturated heterocycles. The van der Waals surface area contributed by atoms with E-state index in [9.17, 15) is 14.7 Å². The number of likely N-dealkylation sites (tertiary alicyclic amines) is 1. The van der Waals surface area contributed by atoms with E-state index in [1.165, 1.54) is 33.6 Å². The van der Waals surface area contributed by atoms with Gasteiger partial charge in [-0.1, -0.05) is 48.5 Å². The lowest BCUT2D eigenvalue weighted by molar-refractivity contribution is -0.204. The van der Waals surface area contributed by atoms with Gasteiger partial charge in [-0.05, 0) is 51.0 Å². The van der Waals surface area contributed by atoms with Gasteiger partial charge in [-0.15, -0.1) is 11.3 Å². The number of aromatic nitrogens is 1. The highest BCUT2D eigenvalue weighted by molar-refractivity contribution is 9.10. The number of nitrogens with zero attached hydrogens (tertiary/aromatic N) is 2. The Hall–Kier alpha value is -2.79. The summed E-state index contributed by atoms with van der Waals surface area (Å²) < 4.78 is 18.9. The first-order valence-electron chi connectivity index (χ1n) is 13.1. The maximum atomic E-state index is 13.1. The maximum absolute atomic E-state index is 13.1. The standard InChI is InChI=1S/C29H29BrN2O6S/c30-24-17-39-26(31-24)29(38-16-25(33)34)11-14-37-28(18-29)9-12-32(13-10-28)27(35)36-15-23-21-7-3-1-5-19(21)20-6-2-4-8-22(20)23/h1-8,17,23H,9-16,18H2,(H,33,34). The summed E-state index contributed by atoms with van der Waals surface area (Å²) in [4.78, 5) is 30.8. The van der Waals surface area contributed by atoms with Crippen molar-refractivity contribution < 1.29 is 28.9 Å². The van der Waals surface area contributed by atoms with Crippen molar-refractivity contribution >= 4 is 39.3 Å².